The van der Waals surface area contributed by atoms with Gasteiger partial charge in [0.2, 0.25) is 10.0 Å². The van der Waals surface area contributed by atoms with E-state index >= 15 is 0 Å². The molecule has 21 heavy (non-hydrogen) atoms. The predicted molar refractivity (Wildman–Crippen MR) is 79.3 cm³/mol. The maximum Gasteiger partial charge on any atom is 0.309 e. The summed E-state index contributed by atoms with van der Waals surface area (Å²) in [4.78, 5) is 11.4. The lowest BCUT2D eigenvalue weighted by atomic mass is 10.1. The van der Waals surface area contributed by atoms with E-state index in [1.165, 1.54) is 19.2 Å². The van der Waals surface area contributed by atoms with Gasteiger partial charge in [-0.2, -0.15) is 0 Å². The summed E-state index contributed by atoms with van der Waals surface area (Å²) in [7, 11) is -2.16. The van der Waals surface area contributed by atoms with Crippen LogP contribution in [0.3, 0.4) is 0 Å². The first-order chi connectivity index (χ1) is 9.90. The molecule has 1 aliphatic rings. The van der Waals surface area contributed by atoms with E-state index in [-0.39, 0.29) is 23.3 Å². The third kappa shape index (κ3) is 4.28. The van der Waals surface area contributed by atoms with E-state index in [9.17, 15) is 13.2 Å². The molecule has 0 amide bonds. The molecule has 0 aromatic heterocycles. The fourth-order valence-corrected chi connectivity index (χ4v) is 3.91. The molecule has 1 fully saturated rings. The van der Waals surface area contributed by atoms with Gasteiger partial charge in [0.05, 0.1) is 18.4 Å². The number of rotatable bonds is 5. The van der Waals surface area contributed by atoms with Crippen LogP contribution in [0.25, 0.3) is 0 Å². The predicted octanol–water partition coefficient (Wildman–Crippen LogP) is 1.87. The summed E-state index contributed by atoms with van der Waals surface area (Å²) in [5.74, 6) is 0.226. The van der Waals surface area contributed by atoms with Gasteiger partial charge in [-0.15, -0.1) is 0 Å². The van der Waals surface area contributed by atoms with Gasteiger partial charge < -0.3 is 4.74 Å². The molecule has 0 heterocycles. The average molecular weight is 311 g/mol. The molecule has 2 rings (SSSR count). The van der Waals surface area contributed by atoms with Gasteiger partial charge in [-0.25, -0.2) is 13.1 Å². The highest BCUT2D eigenvalue weighted by molar-refractivity contribution is 7.89. The van der Waals surface area contributed by atoms with Crippen molar-refractivity contribution in [2.45, 2.75) is 43.5 Å². The third-order valence-electron chi connectivity index (χ3n) is 3.83. The molecule has 2 unspecified atom stereocenters. The largest absolute Gasteiger partial charge is 0.469 e. The van der Waals surface area contributed by atoms with Gasteiger partial charge in [0.25, 0.3) is 0 Å². The van der Waals surface area contributed by atoms with Crippen LogP contribution in [0.4, 0.5) is 0 Å². The van der Waals surface area contributed by atoms with Crippen LogP contribution < -0.4 is 4.72 Å². The Labute approximate surface area is 125 Å². The van der Waals surface area contributed by atoms with E-state index in [0.717, 1.165) is 24.8 Å². The maximum atomic E-state index is 12.3. The number of carbonyl (C=O) groups excluding carboxylic acids is 1. The van der Waals surface area contributed by atoms with Crippen molar-refractivity contribution in [1.29, 1.82) is 0 Å². The number of methoxy groups -OCH3 is 1. The van der Waals surface area contributed by atoms with E-state index in [4.69, 9.17) is 0 Å². The molecular weight excluding hydrogens is 290 g/mol. The van der Waals surface area contributed by atoms with Crippen molar-refractivity contribution in [3.05, 3.63) is 29.8 Å². The van der Waals surface area contributed by atoms with Gasteiger partial charge in [-0.3, -0.25) is 4.79 Å². The molecule has 1 aliphatic carbocycles. The van der Waals surface area contributed by atoms with Crippen LogP contribution in [-0.4, -0.2) is 27.5 Å². The van der Waals surface area contributed by atoms with Gasteiger partial charge >= 0.3 is 5.97 Å². The lowest BCUT2D eigenvalue weighted by Gasteiger charge is -2.13. The zero-order chi connectivity index (χ0) is 15.5. The van der Waals surface area contributed by atoms with Crippen LogP contribution in [0, 0.1) is 5.92 Å². The standard InChI is InChI=1S/C15H21NO4S/c1-11-3-6-13(9-11)16-21(18,19)14-7-4-12(5-8-14)10-15(17)20-2/h4-5,7-8,11,13,16H,3,6,9-10H2,1-2H3. The molecule has 0 bridgehead atoms. The number of carbonyl (C=O) groups is 1. The van der Waals surface area contributed by atoms with E-state index in [2.05, 4.69) is 16.4 Å². The summed E-state index contributed by atoms with van der Waals surface area (Å²) in [5, 5.41) is 0. The molecule has 2 atom stereocenters. The van der Waals surface area contributed by atoms with Crippen LogP contribution in [0.15, 0.2) is 29.2 Å². The monoisotopic (exact) mass is 311 g/mol. The number of nitrogens with one attached hydrogen (secondary N) is 1. The maximum absolute atomic E-state index is 12.3. The molecular formula is C15H21NO4S. The summed E-state index contributed by atoms with van der Waals surface area (Å²) < 4.78 is 31.9. The van der Waals surface area contributed by atoms with Gasteiger partial charge in [-0.1, -0.05) is 19.1 Å². The smallest absolute Gasteiger partial charge is 0.309 e. The van der Waals surface area contributed by atoms with Crippen LogP contribution in [-0.2, 0) is 26.0 Å². The molecule has 1 saturated carbocycles. The zero-order valence-corrected chi connectivity index (χ0v) is 13.2. The third-order valence-corrected chi connectivity index (χ3v) is 5.36. The fourth-order valence-electron chi connectivity index (χ4n) is 2.63. The number of esters is 1. The first-order valence-electron chi connectivity index (χ1n) is 7.09. The number of ether oxygens (including phenoxy) is 1. The number of sulfonamides is 1. The molecule has 6 heteroatoms. The van der Waals surface area contributed by atoms with E-state index < -0.39 is 10.0 Å². The van der Waals surface area contributed by atoms with Crippen LogP contribution in [0.1, 0.15) is 31.7 Å². The molecule has 1 aromatic rings. The molecule has 1 aromatic carbocycles. The molecule has 116 valence electrons. The summed E-state index contributed by atoms with van der Waals surface area (Å²) in [5.41, 5.74) is 0.732. The van der Waals surface area contributed by atoms with Crippen molar-refractivity contribution in [2.24, 2.45) is 5.92 Å². The highest BCUT2D eigenvalue weighted by Gasteiger charge is 2.26. The summed E-state index contributed by atoms with van der Waals surface area (Å²) in [6.45, 7) is 2.13. The minimum atomic E-state index is -3.48. The van der Waals surface area contributed by atoms with E-state index in [1.807, 2.05) is 0 Å². The molecule has 5 nitrogen and oxygen atoms in total. The van der Waals surface area contributed by atoms with E-state index in [0.29, 0.717) is 5.92 Å². The second-order valence-corrected chi connectivity index (χ2v) is 7.35. The molecule has 1 N–H and O–H groups in total. The summed E-state index contributed by atoms with van der Waals surface area (Å²) >= 11 is 0. The van der Waals surface area contributed by atoms with Crippen molar-refractivity contribution >= 4 is 16.0 Å². The fraction of sp³-hybridized carbons (Fsp3) is 0.533. The van der Waals surface area contributed by atoms with Gasteiger partial charge in [-0.05, 0) is 42.9 Å². The lowest BCUT2D eigenvalue weighted by Crippen LogP contribution is -2.32. The van der Waals surface area contributed by atoms with Crippen LogP contribution in [0.5, 0.6) is 0 Å². The normalized spacial score (nSPS) is 22.2. The Morgan fingerprint density at radius 1 is 1.29 bits per heavy atom. The van der Waals surface area contributed by atoms with Crippen molar-refractivity contribution in [3.63, 3.8) is 0 Å². The summed E-state index contributed by atoms with van der Waals surface area (Å²) in [6, 6.07) is 6.36. The highest BCUT2D eigenvalue weighted by Crippen LogP contribution is 2.26. The Morgan fingerprint density at radius 2 is 1.95 bits per heavy atom. The molecule has 0 aliphatic heterocycles. The molecule has 0 saturated heterocycles. The topological polar surface area (TPSA) is 72.5 Å². The van der Waals surface area contributed by atoms with Gasteiger partial charge in [0.15, 0.2) is 0 Å². The zero-order valence-electron chi connectivity index (χ0n) is 12.3. The Hall–Kier alpha value is -1.40. The number of benzene rings is 1. The van der Waals surface area contributed by atoms with Crippen molar-refractivity contribution in [3.8, 4) is 0 Å². The molecule has 0 radical (unpaired) electrons. The Bertz CT molecular complexity index is 595. The lowest BCUT2D eigenvalue weighted by molar-refractivity contribution is -0.139. The second kappa shape index (κ2) is 6.58. The number of hydrogen-bond acceptors (Lipinski definition) is 4. The van der Waals surface area contributed by atoms with Crippen molar-refractivity contribution in [1.82, 2.24) is 4.72 Å². The van der Waals surface area contributed by atoms with E-state index in [1.54, 1.807) is 12.1 Å². The second-order valence-electron chi connectivity index (χ2n) is 5.63. The van der Waals surface area contributed by atoms with Crippen molar-refractivity contribution in [2.75, 3.05) is 7.11 Å². The van der Waals surface area contributed by atoms with Gasteiger partial charge in [0, 0.05) is 6.04 Å². The Balaban J connectivity index is 2.04. The number of hydrogen-bond donors (Lipinski definition) is 1. The van der Waals surface area contributed by atoms with Gasteiger partial charge in [0.1, 0.15) is 0 Å². The average Bonchev–Trinajstić information content (AvgIpc) is 2.83. The van der Waals surface area contributed by atoms with Crippen LogP contribution >= 0.6 is 0 Å². The Kier molecular flexibility index (Phi) is 5.00. The summed E-state index contributed by atoms with van der Waals surface area (Å²) in [6.07, 6.45) is 2.98. The minimum Gasteiger partial charge on any atom is -0.469 e. The quantitative estimate of drug-likeness (QED) is 0.843. The SMILES string of the molecule is COC(=O)Cc1ccc(S(=O)(=O)NC2CCC(C)C2)cc1. The van der Waals surface area contributed by atoms with Crippen molar-refractivity contribution < 1.29 is 17.9 Å². The van der Waals surface area contributed by atoms with Crippen LogP contribution in [0.2, 0.25) is 0 Å². The first kappa shape index (κ1) is 16.0. The highest BCUT2D eigenvalue weighted by atomic mass is 32.2. The first-order valence-corrected chi connectivity index (χ1v) is 8.57. The molecule has 0 spiro atoms. The Morgan fingerprint density at radius 3 is 2.48 bits per heavy atom. The minimum absolute atomic E-state index is 0.0275.